The molecule has 4 nitrogen and oxygen atoms in total. The third-order valence-electron chi connectivity index (χ3n) is 10.2. The molecule has 4 aromatic rings. The zero-order valence-electron chi connectivity index (χ0n) is 25.5. The molecular weight excluding hydrogens is 528 g/mol. The monoisotopic (exact) mass is 574 g/mol. The zero-order chi connectivity index (χ0) is 29.6. The third kappa shape index (κ3) is 7.01. The van der Waals surface area contributed by atoms with Crippen molar-refractivity contribution in [2.24, 2.45) is 17.8 Å². The first-order chi connectivity index (χ1) is 21.0. The molecule has 4 aromatic carbocycles. The van der Waals surface area contributed by atoms with Crippen LogP contribution in [0.3, 0.4) is 0 Å². The highest BCUT2D eigenvalue weighted by molar-refractivity contribution is 5.47. The quantitative estimate of drug-likeness (QED) is 0.195. The van der Waals surface area contributed by atoms with Crippen molar-refractivity contribution in [1.82, 2.24) is 0 Å². The van der Waals surface area contributed by atoms with Gasteiger partial charge in [-0.2, -0.15) is 0 Å². The van der Waals surface area contributed by atoms with Gasteiger partial charge in [-0.05, 0) is 134 Å². The molecule has 4 N–H and O–H groups in total. The highest BCUT2D eigenvalue weighted by Crippen LogP contribution is 2.49. The van der Waals surface area contributed by atoms with Crippen LogP contribution in [0, 0.1) is 17.8 Å². The minimum absolute atomic E-state index is 0.0180. The fourth-order valence-corrected chi connectivity index (χ4v) is 7.52. The van der Waals surface area contributed by atoms with Gasteiger partial charge >= 0.3 is 0 Å². The van der Waals surface area contributed by atoms with Crippen molar-refractivity contribution in [3.63, 3.8) is 0 Å². The number of hydrogen-bond donors (Lipinski definition) is 2. The molecule has 0 radical (unpaired) electrons. The fourth-order valence-electron chi connectivity index (χ4n) is 7.52. The van der Waals surface area contributed by atoms with Crippen molar-refractivity contribution in [1.29, 1.82) is 0 Å². The summed E-state index contributed by atoms with van der Waals surface area (Å²) in [5, 5.41) is 0. The highest BCUT2D eigenvalue weighted by atomic mass is 16.5. The Morgan fingerprint density at radius 1 is 0.512 bits per heavy atom. The minimum atomic E-state index is -0.0180. The first-order valence-corrected chi connectivity index (χ1v) is 16.3. The van der Waals surface area contributed by atoms with Crippen molar-refractivity contribution in [3.05, 3.63) is 108 Å². The largest absolute Gasteiger partial charge is 0.457 e. The molecule has 0 bridgehead atoms. The van der Waals surface area contributed by atoms with Crippen LogP contribution in [0.1, 0.15) is 82.3 Å². The molecule has 0 heterocycles. The number of rotatable bonds is 9. The maximum Gasteiger partial charge on any atom is 0.127 e. The van der Waals surface area contributed by atoms with E-state index in [1.807, 2.05) is 48.5 Å². The van der Waals surface area contributed by atoms with Crippen LogP contribution in [0.15, 0.2) is 97.1 Å². The van der Waals surface area contributed by atoms with Crippen LogP contribution in [0.2, 0.25) is 0 Å². The van der Waals surface area contributed by atoms with Gasteiger partial charge in [0.1, 0.15) is 23.0 Å². The number of anilines is 2. The lowest BCUT2D eigenvalue weighted by Gasteiger charge is -2.42. The molecule has 2 aliphatic rings. The van der Waals surface area contributed by atoms with Gasteiger partial charge < -0.3 is 20.9 Å². The lowest BCUT2D eigenvalue weighted by atomic mass is 9.61. The van der Waals surface area contributed by atoms with Gasteiger partial charge in [0, 0.05) is 16.8 Å². The lowest BCUT2D eigenvalue weighted by Crippen LogP contribution is -2.34. The number of nitrogen functional groups attached to an aromatic ring is 2. The van der Waals surface area contributed by atoms with Crippen LogP contribution in [-0.2, 0) is 5.41 Å². The van der Waals surface area contributed by atoms with Gasteiger partial charge in [-0.1, -0.05) is 63.3 Å². The smallest absolute Gasteiger partial charge is 0.127 e. The zero-order valence-corrected chi connectivity index (χ0v) is 25.5. The molecule has 0 spiro atoms. The lowest BCUT2D eigenvalue weighted by molar-refractivity contribution is 0.187. The van der Waals surface area contributed by atoms with Crippen molar-refractivity contribution >= 4 is 11.4 Å². The maximum atomic E-state index is 6.13. The molecule has 0 aromatic heterocycles. The summed E-state index contributed by atoms with van der Waals surface area (Å²) in [5.74, 6) is 5.99. The molecule has 0 saturated heterocycles. The highest BCUT2D eigenvalue weighted by Gasteiger charge is 2.39. The topological polar surface area (TPSA) is 70.5 Å². The van der Waals surface area contributed by atoms with Gasteiger partial charge in [-0.25, -0.2) is 0 Å². The summed E-state index contributed by atoms with van der Waals surface area (Å²) >= 11 is 0. The average molecular weight is 575 g/mol. The SMILES string of the molecule is CCC1CCC(CC2CCC(c3ccc(Oc4ccc(N)cc4)cc3)(c3ccc(Oc4ccc(N)cc4)cc3)CC2)CC1. The Morgan fingerprint density at radius 2 is 0.860 bits per heavy atom. The van der Waals surface area contributed by atoms with Gasteiger partial charge in [-0.15, -0.1) is 0 Å². The Balaban J connectivity index is 1.20. The van der Waals surface area contributed by atoms with E-state index < -0.39 is 0 Å². The molecule has 0 unspecified atom stereocenters. The minimum Gasteiger partial charge on any atom is -0.457 e. The third-order valence-corrected chi connectivity index (χ3v) is 10.2. The average Bonchev–Trinajstić information content (AvgIpc) is 3.05. The number of benzene rings is 4. The Morgan fingerprint density at radius 3 is 1.26 bits per heavy atom. The molecule has 0 amide bonds. The Bertz CT molecular complexity index is 1340. The summed E-state index contributed by atoms with van der Waals surface area (Å²) < 4.78 is 12.3. The summed E-state index contributed by atoms with van der Waals surface area (Å²) in [6.07, 6.45) is 13.4. The standard InChI is InChI=1S/C39H46N2O2/c1-2-28-3-5-29(6-4-28)27-30-23-25-39(26-24-30,31-7-15-35(16-8-31)42-37-19-11-33(40)12-20-37)32-9-17-36(18-10-32)43-38-21-13-34(41)14-22-38/h7-22,28-30H,2-6,23-27,40-41H2,1H3. The van der Waals surface area contributed by atoms with E-state index in [4.69, 9.17) is 20.9 Å². The molecule has 224 valence electrons. The fraction of sp³-hybridized carbons (Fsp3) is 0.385. The van der Waals surface area contributed by atoms with E-state index in [1.54, 1.807) is 0 Å². The maximum absolute atomic E-state index is 6.13. The molecule has 4 heteroatoms. The van der Waals surface area contributed by atoms with Gasteiger partial charge in [0.25, 0.3) is 0 Å². The van der Waals surface area contributed by atoms with Crippen LogP contribution >= 0.6 is 0 Å². The van der Waals surface area contributed by atoms with Crippen molar-refractivity contribution in [3.8, 4) is 23.0 Å². The van der Waals surface area contributed by atoms with E-state index in [9.17, 15) is 0 Å². The number of ether oxygens (including phenoxy) is 2. The summed E-state index contributed by atoms with van der Waals surface area (Å²) in [7, 11) is 0. The first-order valence-electron chi connectivity index (χ1n) is 16.3. The number of hydrogen-bond acceptors (Lipinski definition) is 4. The predicted molar refractivity (Wildman–Crippen MR) is 178 cm³/mol. The van der Waals surface area contributed by atoms with Crippen molar-refractivity contribution in [2.45, 2.75) is 76.5 Å². The van der Waals surface area contributed by atoms with E-state index in [2.05, 4.69) is 55.5 Å². The molecule has 0 atom stereocenters. The Hall–Kier alpha value is -3.92. The van der Waals surface area contributed by atoms with Gasteiger partial charge in [0.2, 0.25) is 0 Å². The van der Waals surface area contributed by atoms with Gasteiger partial charge in [-0.3, -0.25) is 0 Å². The molecule has 2 fully saturated rings. The van der Waals surface area contributed by atoms with Gasteiger partial charge in [0.15, 0.2) is 0 Å². The van der Waals surface area contributed by atoms with Crippen LogP contribution in [-0.4, -0.2) is 0 Å². The van der Waals surface area contributed by atoms with E-state index in [1.165, 1.54) is 62.5 Å². The summed E-state index contributed by atoms with van der Waals surface area (Å²) in [6.45, 7) is 2.36. The normalized spacial score (nSPS) is 20.4. The van der Waals surface area contributed by atoms with Crippen LogP contribution in [0.25, 0.3) is 0 Å². The molecule has 6 rings (SSSR count). The second-order valence-electron chi connectivity index (χ2n) is 12.9. The van der Waals surface area contributed by atoms with E-state index in [0.29, 0.717) is 0 Å². The van der Waals surface area contributed by atoms with Crippen LogP contribution in [0.4, 0.5) is 11.4 Å². The predicted octanol–water partition coefficient (Wildman–Crippen LogP) is 10.5. The Labute approximate surface area is 257 Å². The summed E-state index contributed by atoms with van der Waals surface area (Å²) in [6, 6.07) is 32.7. The number of nitrogens with two attached hydrogens (primary N) is 2. The molecule has 2 saturated carbocycles. The second kappa shape index (κ2) is 13.2. The molecule has 0 aliphatic heterocycles. The van der Waals surface area contributed by atoms with E-state index in [0.717, 1.165) is 65.0 Å². The van der Waals surface area contributed by atoms with Crippen molar-refractivity contribution < 1.29 is 9.47 Å². The van der Waals surface area contributed by atoms with Crippen molar-refractivity contribution in [2.75, 3.05) is 11.5 Å². The molecule has 43 heavy (non-hydrogen) atoms. The summed E-state index contributed by atoms with van der Waals surface area (Å²) in [5.41, 5.74) is 15.9. The Kier molecular flexibility index (Phi) is 8.92. The second-order valence-corrected chi connectivity index (χ2v) is 12.9. The molecular formula is C39H46N2O2. The van der Waals surface area contributed by atoms with Crippen LogP contribution < -0.4 is 20.9 Å². The first kappa shape index (κ1) is 29.2. The summed E-state index contributed by atoms with van der Waals surface area (Å²) in [4.78, 5) is 0. The van der Waals surface area contributed by atoms with E-state index in [-0.39, 0.29) is 5.41 Å². The van der Waals surface area contributed by atoms with E-state index >= 15 is 0 Å². The van der Waals surface area contributed by atoms with Gasteiger partial charge in [0.05, 0.1) is 0 Å². The molecule has 2 aliphatic carbocycles. The van der Waals surface area contributed by atoms with Crippen LogP contribution in [0.5, 0.6) is 23.0 Å².